The van der Waals surface area contributed by atoms with E-state index in [4.69, 9.17) is 0 Å². The third-order valence-electron chi connectivity index (χ3n) is 4.00. The summed E-state index contributed by atoms with van der Waals surface area (Å²) in [6.45, 7) is 1.64. The molecule has 1 aromatic carbocycles. The molecule has 0 aliphatic carbocycles. The molecule has 3 aromatic rings. The van der Waals surface area contributed by atoms with E-state index in [9.17, 15) is 0 Å². The zero-order valence-electron chi connectivity index (χ0n) is 12.7. The number of fused-ring (bicyclic) bond motifs is 1. The van der Waals surface area contributed by atoms with Crippen LogP contribution >= 0.6 is 0 Å². The smallest absolute Gasteiger partial charge is 0.224 e. The summed E-state index contributed by atoms with van der Waals surface area (Å²) in [4.78, 5) is 15.2. The Morgan fingerprint density at radius 1 is 1.00 bits per heavy atom. The van der Waals surface area contributed by atoms with Gasteiger partial charge in [0.2, 0.25) is 5.95 Å². The molecule has 0 atom stereocenters. The normalized spacial score (nSPS) is 13.0. The molecule has 5 heteroatoms. The van der Waals surface area contributed by atoms with Gasteiger partial charge in [0, 0.05) is 37.4 Å². The Kier molecular flexibility index (Phi) is 3.60. The van der Waals surface area contributed by atoms with Crippen molar-refractivity contribution in [3.8, 4) is 0 Å². The first kappa shape index (κ1) is 13.7. The first-order valence-electron chi connectivity index (χ1n) is 7.71. The van der Waals surface area contributed by atoms with E-state index in [1.54, 1.807) is 18.6 Å². The maximum atomic E-state index is 4.66. The molecule has 23 heavy (non-hydrogen) atoms. The number of nitrogens with zero attached hydrogens (tertiary/aromatic N) is 4. The van der Waals surface area contributed by atoms with Crippen LogP contribution in [0.2, 0.25) is 0 Å². The summed E-state index contributed by atoms with van der Waals surface area (Å²) < 4.78 is 0. The van der Waals surface area contributed by atoms with Gasteiger partial charge in [0.1, 0.15) is 5.82 Å². The molecule has 3 heterocycles. The quantitative estimate of drug-likeness (QED) is 0.802. The number of aromatic nitrogens is 3. The summed E-state index contributed by atoms with van der Waals surface area (Å²) in [6, 6.07) is 14.4. The van der Waals surface area contributed by atoms with Crippen LogP contribution in [0.25, 0.3) is 0 Å². The minimum atomic E-state index is 0.642. The van der Waals surface area contributed by atoms with Crippen molar-refractivity contribution in [2.24, 2.45) is 0 Å². The molecule has 114 valence electrons. The molecule has 1 aliphatic rings. The van der Waals surface area contributed by atoms with Gasteiger partial charge >= 0.3 is 0 Å². The average molecular weight is 303 g/mol. The van der Waals surface area contributed by atoms with Gasteiger partial charge in [-0.3, -0.25) is 4.98 Å². The van der Waals surface area contributed by atoms with E-state index in [2.05, 4.69) is 49.4 Å². The molecule has 1 N–H and O–H groups in total. The SMILES string of the molecule is c1ccc2c(c1)CCN2c1ccnc(NCc2ccncc2)n1. The van der Waals surface area contributed by atoms with Gasteiger partial charge in [-0.2, -0.15) is 4.98 Å². The molecule has 0 saturated heterocycles. The highest BCUT2D eigenvalue weighted by Gasteiger charge is 2.20. The fraction of sp³-hybridized carbons (Fsp3) is 0.167. The predicted molar refractivity (Wildman–Crippen MR) is 90.7 cm³/mol. The molecule has 4 rings (SSSR count). The Balaban J connectivity index is 1.53. The van der Waals surface area contributed by atoms with E-state index in [0.29, 0.717) is 12.5 Å². The van der Waals surface area contributed by atoms with E-state index in [1.165, 1.54) is 11.3 Å². The topological polar surface area (TPSA) is 53.9 Å². The second kappa shape index (κ2) is 6.04. The Hall–Kier alpha value is -2.95. The van der Waals surface area contributed by atoms with Gasteiger partial charge in [-0.15, -0.1) is 0 Å². The van der Waals surface area contributed by atoms with E-state index in [0.717, 1.165) is 24.3 Å². The highest BCUT2D eigenvalue weighted by molar-refractivity contribution is 5.67. The van der Waals surface area contributed by atoms with Crippen molar-refractivity contribution in [2.45, 2.75) is 13.0 Å². The fourth-order valence-corrected chi connectivity index (χ4v) is 2.84. The fourth-order valence-electron chi connectivity index (χ4n) is 2.84. The highest BCUT2D eigenvalue weighted by atomic mass is 15.2. The van der Waals surface area contributed by atoms with Crippen LogP contribution < -0.4 is 10.2 Å². The summed E-state index contributed by atoms with van der Waals surface area (Å²) in [5.74, 6) is 1.57. The van der Waals surface area contributed by atoms with Gasteiger partial charge in [-0.25, -0.2) is 4.98 Å². The van der Waals surface area contributed by atoms with Crippen LogP contribution in [0, 0.1) is 0 Å². The molecular formula is C18H17N5. The van der Waals surface area contributed by atoms with Gasteiger partial charge in [0.25, 0.3) is 0 Å². The average Bonchev–Trinajstić information content (AvgIpc) is 3.05. The van der Waals surface area contributed by atoms with Crippen molar-refractivity contribution in [1.82, 2.24) is 15.0 Å². The molecule has 2 aromatic heterocycles. The largest absolute Gasteiger partial charge is 0.350 e. The van der Waals surface area contributed by atoms with Crippen LogP contribution in [0.3, 0.4) is 0 Å². The van der Waals surface area contributed by atoms with Crippen LogP contribution in [-0.2, 0) is 13.0 Å². The van der Waals surface area contributed by atoms with Crippen molar-refractivity contribution in [2.75, 3.05) is 16.8 Å². The van der Waals surface area contributed by atoms with E-state index >= 15 is 0 Å². The maximum Gasteiger partial charge on any atom is 0.224 e. The van der Waals surface area contributed by atoms with Crippen LogP contribution in [-0.4, -0.2) is 21.5 Å². The van der Waals surface area contributed by atoms with Gasteiger partial charge in [-0.05, 0) is 41.8 Å². The van der Waals surface area contributed by atoms with E-state index in [-0.39, 0.29) is 0 Å². The van der Waals surface area contributed by atoms with Crippen LogP contribution in [0.15, 0.2) is 61.1 Å². The predicted octanol–water partition coefficient (Wildman–Crippen LogP) is 3.18. The second-order valence-electron chi connectivity index (χ2n) is 5.48. The lowest BCUT2D eigenvalue weighted by Gasteiger charge is -2.18. The van der Waals surface area contributed by atoms with Gasteiger partial charge in [0.05, 0.1) is 0 Å². The molecule has 1 aliphatic heterocycles. The zero-order valence-corrected chi connectivity index (χ0v) is 12.7. The summed E-state index contributed by atoms with van der Waals surface area (Å²) in [5, 5.41) is 3.27. The Labute approximate surface area is 135 Å². The molecule has 0 saturated carbocycles. The number of para-hydroxylation sites is 1. The van der Waals surface area contributed by atoms with Crippen LogP contribution in [0.5, 0.6) is 0 Å². The minimum absolute atomic E-state index is 0.642. The van der Waals surface area contributed by atoms with Crippen molar-refractivity contribution in [1.29, 1.82) is 0 Å². The van der Waals surface area contributed by atoms with Crippen molar-refractivity contribution in [3.63, 3.8) is 0 Å². The van der Waals surface area contributed by atoms with Crippen molar-refractivity contribution < 1.29 is 0 Å². The molecule has 0 amide bonds. The molecule has 0 bridgehead atoms. The summed E-state index contributed by atoms with van der Waals surface area (Å²) in [7, 11) is 0. The third-order valence-corrected chi connectivity index (χ3v) is 4.00. The molecule has 0 radical (unpaired) electrons. The Morgan fingerprint density at radius 3 is 2.78 bits per heavy atom. The number of hydrogen-bond acceptors (Lipinski definition) is 5. The molecular weight excluding hydrogens is 286 g/mol. The first-order chi connectivity index (χ1) is 11.4. The standard InChI is InChI=1S/C18H17N5/c1-2-4-16-15(3-1)8-12-23(16)17-7-11-20-18(22-17)21-13-14-5-9-19-10-6-14/h1-7,9-11H,8,12-13H2,(H,20,21,22). The number of nitrogens with one attached hydrogen (secondary N) is 1. The van der Waals surface area contributed by atoms with Crippen LogP contribution in [0.4, 0.5) is 17.5 Å². The number of pyridine rings is 1. The highest BCUT2D eigenvalue weighted by Crippen LogP contribution is 2.33. The summed E-state index contributed by atoms with van der Waals surface area (Å²) in [5.41, 5.74) is 3.77. The number of benzene rings is 1. The first-order valence-corrected chi connectivity index (χ1v) is 7.71. The van der Waals surface area contributed by atoms with Crippen LogP contribution in [0.1, 0.15) is 11.1 Å². The zero-order chi connectivity index (χ0) is 15.5. The van der Waals surface area contributed by atoms with Gasteiger partial charge < -0.3 is 10.2 Å². The number of rotatable bonds is 4. The maximum absolute atomic E-state index is 4.66. The summed E-state index contributed by atoms with van der Waals surface area (Å²) >= 11 is 0. The second-order valence-corrected chi connectivity index (χ2v) is 5.48. The summed E-state index contributed by atoms with van der Waals surface area (Å²) in [6.07, 6.45) is 6.43. The molecule has 0 fully saturated rings. The Morgan fingerprint density at radius 2 is 1.87 bits per heavy atom. The Bertz CT molecular complexity index is 803. The molecule has 0 unspecified atom stereocenters. The lowest BCUT2D eigenvalue weighted by atomic mass is 10.2. The van der Waals surface area contributed by atoms with Crippen molar-refractivity contribution in [3.05, 3.63) is 72.2 Å². The van der Waals surface area contributed by atoms with E-state index in [1.807, 2.05) is 18.2 Å². The van der Waals surface area contributed by atoms with Gasteiger partial charge in [0.15, 0.2) is 0 Å². The lowest BCUT2D eigenvalue weighted by Crippen LogP contribution is -2.16. The number of anilines is 3. The minimum Gasteiger partial charge on any atom is -0.350 e. The third kappa shape index (κ3) is 2.85. The van der Waals surface area contributed by atoms with Gasteiger partial charge in [-0.1, -0.05) is 18.2 Å². The lowest BCUT2D eigenvalue weighted by molar-refractivity contribution is 0.957. The van der Waals surface area contributed by atoms with E-state index < -0.39 is 0 Å². The molecule has 5 nitrogen and oxygen atoms in total. The van der Waals surface area contributed by atoms with Crippen molar-refractivity contribution >= 4 is 17.5 Å². The molecule has 0 spiro atoms. The number of hydrogen-bond donors (Lipinski definition) is 1. The monoisotopic (exact) mass is 303 g/mol.